The van der Waals surface area contributed by atoms with E-state index in [0.717, 1.165) is 28.5 Å². The number of nitrogens with zero attached hydrogens (tertiary/aromatic N) is 3. The van der Waals surface area contributed by atoms with Crippen molar-refractivity contribution in [2.24, 2.45) is 0 Å². The van der Waals surface area contributed by atoms with Gasteiger partial charge in [0.25, 0.3) is 5.56 Å². The third kappa shape index (κ3) is 3.26. The number of aryl methyl sites for hydroxylation is 1. The lowest BCUT2D eigenvalue weighted by atomic mass is 10.1. The Morgan fingerprint density at radius 1 is 1.07 bits per heavy atom. The van der Waals surface area contributed by atoms with Gasteiger partial charge in [-0.15, -0.1) is 0 Å². The molecule has 4 rings (SSSR count). The van der Waals surface area contributed by atoms with Gasteiger partial charge in [0.1, 0.15) is 11.4 Å². The quantitative estimate of drug-likeness (QED) is 0.585. The van der Waals surface area contributed by atoms with E-state index in [4.69, 9.17) is 4.74 Å². The van der Waals surface area contributed by atoms with Crippen molar-refractivity contribution in [3.63, 3.8) is 0 Å². The van der Waals surface area contributed by atoms with E-state index in [9.17, 15) is 4.79 Å². The molecule has 0 unspecified atom stereocenters. The first kappa shape index (κ1) is 17.1. The van der Waals surface area contributed by atoms with Crippen molar-refractivity contribution in [1.82, 2.24) is 19.9 Å². The maximum Gasteiger partial charge on any atom is 0.270 e. The van der Waals surface area contributed by atoms with E-state index in [1.807, 2.05) is 51.1 Å². The highest BCUT2D eigenvalue weighted by Crippen LogP contribution is 2.28. The van der Waals surface area contributed by atoms with Crippen LogP contribution < -0.4 is 10.3 Å². The molecule has 0 bridgehead atoms. The second-order valence-electron chi connectivity index (χ2n) is 6.73. The summed E-state index contributed by atoms with van der Waals surface area (Å²) in [5.41, 5.74) is 4.34. The Hall–Kier alpha value is -3.28. The second-order valence-corrected chi connectivity index (χ2v) is 6.73. The number of hydrogen-bond acceptors (Lipinski definition) is 5. The normalized spacial score (nSPS) is 11.4. The van der Waals surface area contributed by atoms with Gasteiger partial charge in [-0.25, -0.2) is 9.97 Å². The molecule has 0 atom stereocenters. The van der Waals surface area contributed by atoms with Crippen LogP contribution in [0, 0.1) is 0 Å². The smallest absolute Gasteiger partial charge is 0.270 e. The molecule has 1 N–H and O–H groups in total. The van der Waals surface area contributed by atoms with Crippen LogP contribution in [0.15, 0.2) is 47.4 Å². The summed E-state index contributed by atoms with van der Waals surface area (Å²) in [7, 11) is 0. The van der Waals surface area contributed by atoms with Gasteiger partial charge in [0.2, 0.25) is 5.88 Å². The maximum atomic E-state index is 12.2. The van der Waals surface area contributed by atoms with Crippen molar-refractivity contribution in [3.05, 3.63) is 64.2 Å². The van der Waals surface area contributed by atoms with Crippen LogP contribution in [-0.4, -0.2) is 19.9 Å². The lowest BCUT2D eigenvalue weighted by Crippen LogP contribution is -2.16. The molecule has 3 heterocycles. The van der Waals surface area contributed by atoms with Crippen LogP contribution in [0.3, 0.4) is 0 Å². The minimum Gasteiger partial charge on any atom is -0.439 e. The summed E-state index contributed by atoms with van der Waals surface area (Å²) in [6, 6.07) is 11.2. The average Bonchev–Trinajstić information content (AvgIpc) is 2.66. The van der Waals surface area contributed by atoms with E-state index in [0.29, 0.717) is 22.8 Å². The molecule has 0 radical (unpaired) electrons. The molecule has 27 heavy (non-hydrogen) atoms. The van der Waals surface area contributed by atoms with Crippen molar-refractivity contribution in [2.45, 2.75) is 33.1 Å². The molecular weight excluding hydrogens is 340 g/mol. The van der Waals surface area contributed by atoms with Gasteiger partial charge >= 0.3 is 0 Å². The first-order valence-corrected chi connectivity index (χ1v) is 9.01. The summed E-state index contributed by atoms with van der Waals surface area (Å²) in [5, 5.41) is 0. The van der Waals surface area contributed by atoms with Gasteiger partial charge in [0, 0.05) is 23.7 Å². The molecule has 0 saturated carbocycles. The number of pyridine rings is 2. The monoisotopic (exact) mass is 360 g/mol. The summed E-state index contributed by atoms with van der Waals surface area (Å²) in [6.45, 7) is 5.95. The molecule has 6 heteroatoms. The Labute approximate surface area is 156 Å². The van der Waals surface area contributed by atoms with Crippen LogP contribution in [0.4, 0.5) is 0 Å². The van der Waals surface area contributed by atoms with Crippen molar-refractivity contribution in [3.8, 4) is 11.6 Å². The lowest BCUT2D eigenvalue weighted by Gasteiger charge is -2.11. The Bertz CT molecular complexity index is 1200. The van der Waals surface area contributed by atoms with Gasteiger partial charge in [-0.1, -0.05) is 20.8 Å². The molecular formula is C21H20N4O2. The fourth-order valence-electron chi connectivity index (χ4n) is 3.01. The molecule has 0 amide bonds. The predicted octanol–water partition coefficient (Wildman–Crippen LogP) is 4.34. The second kappa shape index (κ2) is 6.79. The molecule has 136 valence electrons. The van der Waals surface area contributed by atoms with E-state index >= 15 is 0 Å². The number of H-pyrrole nitrogens is 1. The van der Waals surface area contributed by atoms with Crippen LogP contribution in [0.5, 0.6) is 11.6 Å². The molecule has 6 nitrogen and oxygen atoms in total. The Kier molecular flexibility index (Phi) is 4.32. The topological polar surface area (TPSA) is 80.8 Å². The summed E-state index contributed by atoms with van der Waals surface area (Å²) in [5.74, 6) is 1.21. The number of rotatable bonds is 4. The van der Waals surface area contributed by atoms with Crippen LogP contribution in [0.2, 0.25) is 0 Å². The third-order valence-electron chi connectivity index (χ3n) is 4.46. The molecule has 0 aliphatic carbocycles. The number of fused-ring (bicyclic) bond motifs is 2. The van der Waals surface area contributed by atoms with E-state index in [1.54, 1.807) is 12.3 Å². The number of ether oxygens (including phenoxy) is 1. The van der Waals surface area contributed by atoms with Crippen molar-refractivity contribution < 1.29 is 4.74 Å². The minimum atomic E-state index is -0.168. The van der Waals surface area contributed by atoms with Crippen LogP contribution >= 0.6 is 0 Å². The summed E-state index contributed by atoms with van der Waals surface area (Å²) < 4.78 is 6.05. The zero-order valence-electron chi connectivity index (χ0n) is 15.5. The summed E-state index contributed by atoms with van der Waals surface area (Å²) in [4.78, 5) is 28.5. The first-order chi connectivity index (χ1) is 13.0. The van der Waals surface area contributed by atoms with Crippen molar-refractivity contribution in [2.75, 3.05) is 0 Å². The maximum absolute atomic E-state index is 12.2. The molecule has 0 aliphatic heterocycles. The summed E-state index contributed by atoms with van der Waals surface area (Å²) >= 11 is 0. The summed E-state index contributed by atoms with van der Waals surface area (Å²) in [6.07, 6.45) is 2.53. The number of aromatic amines is 1. The Morgan fingerprint density at radius 3 is 2.70 bits per heavy atom. The molecule has 0 fully saturated rings. The molecule has 0 spiro atoms. The van der Waals surface area contributed by atoms with E-state index in [1.165, 1.54) is 0 Å². The highest BCUT2D eigenvalue weighted by atomic mass is 16.5. The van der Waals surface area contributed by atoms with Gasteiger partial charge < -0.3 is 9.72 Å². The highest BCUT2D eigenvalue weighted by Gasteiger charge is 2.12. The predicted molar refractivity (Wildman–Crippen MR) is 105 cm³/mol. The standard InChI is InChI=1S/C21H20N4O2/c1-4-13-10-17-15(6-5-9-22-17)25-21(13)27-14-7-8-16-18(11-14)24-20(26)19(23-16)12(2)3/h5-12H,4H2,1-3H3,(H,24,26). The molecule has 0 saturated heterocycles. The number of aromatic nitrogens is 4. The fraction of sp³-hybridized carbons (Fsp3) is 0.238. The third-order valence-corrected chi connectivity index (χ3v) is 4.46. The van der Waals surface area contributed by atoms with Crippen LogP contribution in [0.1, 0.15) is 37.9 Å². The van der Waals surface area contributed by atoms with Gasteiger partial charge in [-0.3, -0.25) is 9.78 Å². The average molecular weight is 360 g/mol. The SMILES string of the molecule is CCc1cc2ncccc2nc1Oc1ccc2nc(C(C)C)c(=O)[nH]c2c1. The van der Waals surface area contributed by atoms with E-state index < -0.39 is 0 Å². The molecule has 4 aromatic rings. The zero-order chi connectivity index (χ0) is 19.0. The zero-order valence-corrected chi connectivity index (χ0v) is 15.5. The minimum absolute atomic E-state index is 0.0663. The van der Waals surface area contributed by atoms with Crippen LogP contribution in [0.25, 0.3) is 22.1 Å². The van der Waals surface area contributed by atoms with Gasteiger partial charge in [0.15, 0.2) is 0 Å². The fourth-order valence-corrected chi connectivity index (χ4v) is 3.01. The number of nitrogens with one attached hydrogen (secondary N) is 1. The lowest BCUT2D eigenvalue weighted by molar-refractivity contribution is 0.459. The largest absolute Gasteiger partial charge is 0.439 e. The van der Waals surface area contributed by atoms with Gasteiger partial charge in [-0.05, 0) is 36.8 Å². The first-order valence-electron chi connectivity index (χ1n) is 9.01. The molecule has 3 aromatic heterocycles. The van der Waals surface area contributed by atoms with Crippen molar-refractivity contribution >= 4 is 22.1 Å². The molecule has 0 aliphatic rings. The number of hydrogen-bond donors (Lipinski definition) is 1. The Balaban J connectivity index is 1.76. The highest BCUT2D eigenvalue weighted by molar-refractivity contribution is 5.77. The van der Waals surface area contributed by atoms with E-state index in [2.05, 4.69) is 19.9 Å². The van der Waals surface area contributed by atoms with Crippen molar-refractivity contribution in [1.29, 1.82) is 0 Å². The van der Waals surface area contributed by atoms with E-state index in [-0.39, 0.29) is 11.5 Å². The van der Waals surface area contributed by atoms with Gasteiger partial charge in [-0.2, -0.15) is 0 Å². The van der Waals surface area contributed by atoms with Crippen LogP contribution in [-0.2, 0) is 6.42 Å². The Morgan fingerprint density at radius 2 is 1.93 bits per heavy atom. The van der Waals surface area contributed by atoms with Gasteiger partial charge in [0.05, 0.1) is 22.1 Å². The number of benzene rings is 1. The molecule has 1 aromatic carbocycles.